The molecule has 1 aliphatic rings. The van der Waals surface area contributed by atoms with Gasteiger partial charge in [-0.15, -0.1) is 11.8 Å². The molecule has 0 bridgehead atoms. The first-order valence-corrected chi connectivity index (χ1v) is 11.3. The van der Waals surface area contributed by atoms with Crippen LogP contribution in [0.5, 0.6) is 17.2 Å². The summed E-state index contributed by atoms with van der Waals surface area (Å²) < 4.78 is 17.1. The molecule has 4 nitrogen and oxygen atoms in total. The molecule has 1 aliphatic heterocycles. The van der Waals surface area contributed by atoms with Crippen molar-refractivity contribution in [2.75, 3.05) is 33.6 Å². The van der Waals surface area contributed by atoms with Crippen LogP contribution in [0.15, 0.2) is 65.6 Å². The molecule has 30 heavy (non-hydrogen) atoms. The Morgan fingerprint density at radius 1 is 0.933 bits per heavy atom. The highest BCUT2D eigenvalue weighted by atomic mass is 32.2. The van der Waals surface area contributed by atoms with Crippen molar-refractivity contribution >= 4 is 11.8 Å². The minimum atomic E-state index is 0.647. The Bertz CT molecular complexity index is 987. The number of benzene rings is 3. The van der Waals surface area contributed by atoms with Crippen LogP contribution in [0.25, 0.3) is 11.1 Å². The predicted molar refractivity (Wildman–Crippen MR) is 123 cm³/mol. The van der Waals surface area contributed by atoms with Crippen molar-refractivity contribution in [3.05, 3.63) is 71.8 Å². The quantitative estimate of drug-likeness (QED) is 0.492. The summed E-state index contributed by atoms with van der Waals surface area (Å²) in [6.45, 7) is 3.24. The number of thioether (sulfide) groups is 1. The predicted octanol–water partition coefficient (Wildman–Crippen LogP) is 5.49. The van der Waals surface area contributed by atoms with E-state index in [0.717, 1.165) is 53.6 Å². The van der Waals surface area contributed by atoms with E-state index >= 15 is 0 Å². The maximum atomic E-state index is 6.11. The molecule has 0 radical (unpaired) electrons. The van der Waals surface area contributed by atoms with E-state index in [9.17, 15) is 0 Å². The summed E-state index contributed by atoms with van der Waals surface area (Å²) in [5.41, 5.74) is 4.70. The van der Waals surface area contributed by atoms with E-state index in [2.05, 4.69) is 59.7 Å². The molecule has 3 aromatic rings. The molecule has 1 heterocycles. The van der Waals surface area contributed by atoms with Gasteiger partial charge in [0.2, 0.25) is 0 Å². The van der Waals surface area contributed by atoms with Crippen LogP contribution in [-0.4, -0.2) is 38.5 Å². The van der Waals surface area contributed by atoms with Gasteiger partial charge in [0, 0.05) is 30.1 Å². The van der Waals surface area contributed by atoms with E-state index < -0.39 is 0 Å². The molecule has 0 amide bonds. The summed E-state index contributed by atoms with van der Waals surface area (Å²) in [5.74, 6) is 2.49. The summed E-state index contributed by atoms with van der Waals surface area (Å²) in [6.07, 6.45) is 2.10. The van der Waals surface area contributed by atoms with Gasteiger partial charge in [0.05, 0.1) is 14.2 Å². The van der Waals surface area contributed by atoms with Crippen LogP contribution >= 0.6 is 11.8 Å². The van der Waals surface area contributed by atoms with Gasteiger partial charge in [-0.1, -0.05) is 24.3 Å². The van der Waals surface area contributed by atoms with Crippen LogP contribution in [0.1, 0.15) is 11.1 Å². The molecule has 0 spiro atoms. The summed E-state index contributed by atoms with van der Waals surface area (Å²) in [4.78, 5) is 3.72. The first-order valence-electron chi connectivity index (χ1n) is 10.0. The van der Waals surface area contributed by atoms with Gasteiger partial charge in [-0.05, 0) is 59.3 Å². The highest BCUT2D eigenvalue weighted by Gasteiger charge is 2.20. The Kier molecular flexibility index (Phi) is 6.50. The van der Waals surface area contributed by atoms with E-state index in [4.69, 9.17) is 14.2 Å². The average Bonchev–Trinajstić information content (AvgIpc) is 3.00. The van der Waals surface area contributed by atoms with Crippen molar-refractivity contribution in [3.63, 3.8) is 0 Å². The number of hydrogen-bond acceptors (Lipinski definition) is 5. The Morgan fingerprint density at radius 3 is 2.37 bits per heavy atom. The van der Waals surface area contributed by atoms with E-state index in [1.807, 2.05) is 12.1 Å². The van der Waals surface area contributed by atoms with Gasteiger partial charge in [0.25, 0.3) is 0 Å². The van der Waals surface area contributed by atoms with Gasteiger partial charge in [-0.25, -0.2) is 0 Å². The van der Waals surface area contributed by atoms with Gasteiger partial charge < -0.3 is 14.2 Å². The minimum Gasteiger partial charge on any atom is -0.497 e. The average molecular weight is 422 g/mol. The van der Waals surface area contributed by atoms with Crippen molar-refractivity contribution in [1.29, 1.82) is 0 Å². The smallest absolute Gasteiger partial charge is 0.165 e. The van der Waals surface area contributed by atoms with Crippen molar-refractivity contribution in [3.8, 4) is 28.4 Å². The number of rotatable bonds is 6. The van der Waals surface area contributed by atoms with E-state index in [-0.39, 0.29) is 0 Å². The third-order valence-electron chi connectivity index (χ3n) is 5.39. The van der Waals surface area contributed by atoms with E-state index in [1.54, 1.807) is 26.0 Å². The van der Waals surface area contributed by atoms with Crippen molar-refractivity contribution in [2.24, 2.45) is 0 Å². The molecule has 156 valence electrons. The first kappa shape index (κ1) is 20.6. The lowest BCUT2D eigenvalue weighted by Gasteiger charge is -2.20. The number of nitrogens with zero attached hydrogens (tertiary/aromatic N) is 1. The zero-order valence-corrected chi connectivity index (χ0v) is 18.5. The normalized spacial score (nSPS) is 13.8. The lowest BCUT2D eigenvalue weighted by molar-refractivity contribution is 0.217. The molecule has 3 aromatic carbocycles. The fourth-order valence-electron chi connectivity index (χ4n) is 3.76. The number of fused-ring (bicyclic) bond motifs is 1. The number of ether oxygens (including phenoxy) is 3. The van der Waals surface area contributed by atoms with Crippen LogP contribution in [0, 0.1) is 0 Å². The Morgan fingerprint density at radius 2 is 1.70 bits per heavy atom. The molecule has 5 heteroatoms. The molecule has 0 fully saturated rings. The van der Waals surface area contributed by atoms with Gasteiger partial charge in [0.1, 0.15) is 12.4 Å². The van der Waals surface area contributed by atoms with Crippen LogP contribution in [-0.2, 0) is 13.1 Å². The molecule has 0 saturated carbocycles. The lowest BCUT2D eigenvalue weighted by atomic mass is 10.0. The van der Waals surface area contributed by atoms with Crippen molar-refractivity contribution < 1.29 is 14.2 Å². The highest BCUT2D eigenvalue weighted by Crippen LogP contribution is 2.38. The maximum absolute atomic E-state index is 6.11. The fraction of sp³-hybridized carbons (Fsp3) is 0.280. The largest absolute Gasteiger partial charge is 0.497 e. The first-order chi connectivity index (χ1) is 14.7. The van der Waals surface area contributed by atoms with E-state index in [0.29, 0.717) is 6.61 Å². The highest BCUT2D eigenvalue weighted by molar-refractivity contribution is 7.98. The van der Waals surface area contributed by atoms with Crippen molar-refractivity contribution in [1.82, 2.24) is 4.90 Å². The van der Waals surface area contributed by atoms with Crippen molar-refractivity contribution in [2.45, 2.75) is 18.0 Å². The molecule has 0 aliphatic carbocycles. The molecule has 0 unspecified atom stereocenters. The standard InChI is InChI=1S/C25H27NO3S/c1-27-22-8-6-19(7-9-22)20-14-21-17-26(12-13-29-25(21)24(15-20)28-2)16-18-4-10-23(30-3)11-5-18/h4-11,14-15H,12-13,16-17H2,1-3H3. The molecule has 0 N–H and O–H groups in total. The third-order valence-corrected chi connectivity index (χ3v) is 6.13. The number of methoxy groups -OCH3 is 2. The van der Waals surface area contributed by atoms with Crippen LogP contribution in [0.2, 0.25) is 0 Å². The summed E-state index contributed by atoms with van der Waals surface area (Å²) in [5, 5.41) is 0. The van der Waals surface area contributed by atoms with Gasteiger partial charge >= 0.3 is 0 Å². The topological polar surface area (TPSA) is 30.9 Å². The second-order valence-corrected chi connectivity index (χ2v) is 8.18. The molecular weight excluding hydrogens is 394 g/mol. The van der Waals surface area contributed by atoms with Gasteiger partial charge in [-0.3, -0.25) is 4.90 Å². The Labute approximate surface area is 182 Å². The third kappa shape index (κ3) is 4.58. The summed E-state index contributed by atoms with van der Waals surface area (Å²) in [6, 6.07) is 21.2. The summed E-state index contributed by atoms with van der Waals surface area (Å²) >= 11 is 1.77. The summed E-state index contributed by atoms with van der Waals surface area (Å²) in [7, 11) is 3.38. The molecule has 0 aromatic heterocycles. The van der Waals surface area contributed by atoms with E-state index in [1.165, 1.54) is 10.5 Å². The fourth-order valence-corrected chi connectivity index (χ4v) is 4.17. The molecule has 4 rings (SSSR count). The Balaban J connectivity index is 1.61. The molecule has 0 atom stereocenters. The zero-order valence-electron chi connectivity index (χ0n) is 17.7. The second-order valence-electron chi connectivity index (χ2n) is 7.30. The second kappa shape index (κ2) is 9.45. The zero-order chi connectivity index (χ0) is 20.9. The lowest BCUT2D eigenvalue weighted by Crippen LogP contribution is -2.25. The van der Waals surface area contributed by atoms with Gasteiger partial charge in [-0.2, -0.15) is 0 Å². The Hall–Kier alpha value is -2.63. The molecular formula is C25H27NO3S. The van der Waals surface area contributed by atoms with Gasteiger partial charge in [0.15, 0.2) is 11.5 Å². The SMILES string of the molecule is COc1ccc(-c2cc3c(c(OC)c2)OCCN(Cc2ccc(SC)cc2)C3)cc1. The minimum absolute atomic E-state index is 0.647. The van der Waals surface area contributed by atoms with Crippen LogP contribution in [0.3, 0.4) is 0 Å². The van der Waals surface area contributed by atoms with Crippen LogP contribution in [0.4, 0.5) is 0 Å². The monoisotopic (exact) mass is 421 g/mol. The van der Waals surface area contributed by atoms with Crippen LogP contribution < -0.4 is 14.2 Å². The number of hydrogen-bond donors (Lipinski definition) is 0. The molecule has 0 saturated heterocycles. The maximum Gasteiger partial charge on any atom is 0.165 e.